The molecule has 1 N–H and O–H groups in total. The molecule has 2 heterocycles. The van der Waals surface area contributed by atoms with E-state index in [9.17, 15) is 9.59 Å². The number of nitrogens with zero attached hydrogens (tertiary/aromatic N) is 2. The van der Waals surface area contributed by atoms with Crippen molar-refractivity contribution >= 4 is 39.9 Å². The number of nitrogens with one attached hydrogen (secondary N) is 1. The molecule has 6 nitrogen and oxygen atoms in total. The van der Waals surface area contributed by atoms with Crippen molar-refractivity contribution in [2.24, 2.45) is 0 Å². The molecule has 0 atom stereocenters. The van der Waals surface area contributed by atoms with Crippen LogP contribution in [-0.4, -0.2) is 28.9 Å². The molecule has 0 radical (unpaired) electrons. The lowest BCUT2D eigenvalue weighted by atomic mass is 10.2. The van der Waals surface area contributed by atoms with Gasteiger partial charge in [0.1, 0.15) is 4.88 Å². The fourth-order valence-corrected chi connectivity index (χ4v) is 2.91. The van der Waals surface area contributed by atoms with Gasteiger partial charge in [0.05, 0.1) is 24.5 Å². The van der Waals surface area contributed by atoms with E-state index in [0.29, 0.717) is 16.1 Å². The Morgan fingerprint density at radius 2 is 2.14 bits per heavy atom. The van der Waals surface area contributed by atoms with E-state index in [1.165, 1.54) is 23.1 Å². The fourth-order valence-electron chi connectivity index (χ4n) is 2.14. The van der Waals surface area contributed by atoms with Crippen LogP contribution in [0.15, 0.2) is 35.8 Å². The Bertz CT molecular complexity index is 866. The quantitative estimate of drug-likeness (QED) is 0.737. The molecule has 2 aromatic heterocycles. The van der Waals surface area contributed by atoms with Crippen molar-refractivity contribution in [3.05, 3.63) is 46.3 Å². The van der Waals surface area contributed by atoms with Crippen molar-refractivity contribution < 1.29 is 14.3 Å². The Morgan fingerprint density at radius 3 is 2.91 bits per heavy atom. The number of hydrogen-bond donors (Lipinski definition) is 1. The number of aromatic nitrogens is 2. The van der Waals surface area contributed by atoms with Crippen molar-refractivity contribution in [1.29, 1.82) is 0 Å². The second kappa shape index (κ2) is 5.61. The Labute approximate surface area is 130 Å². The highest BCUT2D eigenvalue weighted by Gasteiger charge is 2.17. The molecule has 3 rings (SSSR count). The maximum Gasteiger partial charge on any atom is 0.350 e. The van der Waals surface area contributed by atoms with Crippen LogP contribution in [-0.2, 0) is 4.74 Å². The minimum Gasteiger partial charge on any atom is -0.465 e. The summed E-state index contributed by atoms with van der Waals surface area (Å²) in [6, 6.07) is 6.94. The number of ether oxygens (including phenoxy) is 1. The fraction of sp³-hybridized carbons (Fsp3) is 0.133. The number of benzene rings is 1. The van der Waals surface area contributed by atoms with Gasteiger partial charge in [-0.3, -0.25) is 0 Å². The number of rotatable bonds is 2. The molecular weight excluding hydrogens is 302 g/mol. The van der Waals surface area contributed by atoms with Crippen LogP contribution < -0.4 is 5.32 Å². The van der Waals surface area contributed by atoms with Crippen LogP contribution in [0.25, 0.3) is 10.9 Å². The van der Waals surface area contributed by atoms with Crippen LogP contribution in [0, 0.1) is 6.92 Å². The Kier molecular flexibility index (Phi) is 3.64. The van der Waals surface area contributed by atoms with Crippen molar-refractivity contribution in [3.8, 4) is 0 Å². The molecule has 1 amide bonds. The summed E-state index contributed by atoms with van der Waals surface area (Å²) < 4.78 is 5.96. The molecule has 0 saturated heterocycles. The summed E-state index contributed by atoms with van der Waals surface area (Å²) in [5.74, 6) is -0.480. The van der Waals surface area contributed by atoms with Crippen LogP contribution in [0.1, 0.15) is 15.2 Å². The third-order valence-electron chi connectivity index (χ3n) is 3.19. The lowest BCUT2D eigenvalue weighted by Gasteiger charge is -2.06. The predicted molar refractivity (Wildman–Crippen MR) is 84.5 cm³/mol. The molecule has 1 aromatic carbocycles. The standard InChI is InChI=1S/C15H13N3O3S/c1-9-3-4-12-10(7-9)8-16-18(12)15(20)17-11-5-6-22-13(11)14(19)21-2/h3-8H,1-2H3,(H,17,20). The van der Waals surface area contributed by atoms with E-state index in [0.717, 1.165) is 10.9 Å². The smallest absolute Gasteiger partial charge is 0.350 e. The summed E-state index contributed by atoms with van der Waals surface area (Å²) in [6.45, 7) is 1.98. The maximum atomic E-state index is 12.4. The van der Waals surface area contributed by atoms with Crippen molar-refractivity contribution in [2.75, 3.05) is 12.4 Å². The lowest BCUT2D eigenvalue weighted by molar-refractivity contribution is 0.0607. The summed E-state index contributed by atoms with van der Waals surface area (Å²) in [4.78, 5) is 24.4. The lowest BCUT2D eigenvalue weighted by Crippen LogP contribution is -2.21. The molecule has 112 valence electrons. The average molecular weight is 315 g/mol. The van der Waals surface area contributed by atoms with Crippen LogP contribution in [0.4, 0.5) is 10.5 Å². The molecule has 0 aliphatic rings. The number of hydrogen-bond acceptors (Lipinski definition) is 5. The molecule has 3 aromatic rings. The van der Waals surface area contributed by atoms with Gasteiger partial charge in [-0.2, -0.15) is 9.78 Å². The molecule has 0 aliphatic carbocycles. The number of thiophene rings is 1. The number of amides is 1. The van der Waals surface area contributed by atoms with Gasteiger partial charge >= 0.3 is 12.0 Å². The summed E-state index contributed by atoms with van der Waals surface area (Å²) in [7, 11) is 1.30. The molecule has 0 bridgehead atoms. The Balaban J connectivity index is 1.91. The third kappa shape index (κ3) is 2.46. The molecule has 0 saturated carbocycles. The van der Waals surface area contributed by atoms with E-state index in [-0.39, 0.29) is 0 Å². The molecule has 7 heteroatoms. The summed E-state index contributed by atoms with van der Waals surface area (Å²) in [5.41, 5.74) is 2.22. The van der Waals surface area contributed by atoms with Gasteiger partial charge in [0.15, 0.2) is 0 Å². The van der Waals surface area contributed by atoms with Crippen LogP contribution in [0.3, 0.4) is 0 Å². The molecule has 0 spiro atoms. The SMILES string of the molecule is COC(=O)c1sccc1NC(=O)n1ncc2cc(C)ccc21. The molecule has 0 fully saturated rings. The molecular formula is C15H13N3O3S. The van der Waals surface area contributed by atoms with E-state index in [2.05, 4.69) is 15.2 Å². The van der Waals surface area contributed by atoms with Gasteiger partial charge in [-0.25, -0.2) is 9.59 Å². The second-order valence-corrected chi connectivity index (χ2v) is 5.62. The Hall–Kier alpha value is -2.67. The minimum absolute atomic E-state index is 0.350. The first-order chi connectivity index (χ1) is 10.6. The van der Waals surface area contributed by atoms with Gasteiger partial charge in [0.25, 0.3) is 0 Å². The average Bonchev–Trinajstić information content (AvgIpc) is 3.12. The highest BCUT2D eigenvalue weighted by molar-refractivity contribution is 7.12. The molecule has 0 unspecified atom stereocenters. The number of aryl methyl sites for hydroxylation is 1. The minimum atomic E-state index is -0.480. The monoisotopic (exact) mass is 315 g/mol. The predicted octanol–water partition coefficient (Wildman–Crippen LogP) is 3.27. The van der Waals surface area contributed by atoms with Gasteiger partial charge in [0.2, 0.25) is 0 Å². The number of methoxy groups -OCH3 is 1. The zero-order chi connectivity index (χ0) is 15.7. The van der Waals surface area contributed by atoms with Crippen molar-refractivity contribution in [1.82, 2.24) is 9.78 Å². The highest BCUT2D eigenvalue weighted by atomic mass is 32.1. The molecule has 22 heavy (non-hydrogen) atoms. The number of carbonyl (C=O) groups is 2. The summed E-state index contributed by atoms with van der Waals surface area (Å²) in [6.07, 6.45) is 1.64. The highest BCUT2D eigenvalue weighted by Crippen LogP contribution is 2.24. The van der Waals surface area contributed by atoms with Gasteiger partial charge in [0, 0.05) is 5.39 Å². The van der Waals surface area contributed by atoms with E-state index < -0.39 is 12.0 Å². The first-order valence-electron chi connectivity index (χ1n) is 6.51. The first-order valence-corrected chi connectivity index (χ1v) is 7.39. The number of carbonyl (C=O) groups excluding carboxylic acids is 2. The maximum absolute atomic E-state index is 12.4. The van der Waals surface area contributed by atoms with Gasteiger partial charge in [-0.1, -0.05) is 11.6 Å². The largest absolute Gasteiger partial charge is 0.465 e. The number of anilines is 1. The van der Waals surface area contributed by atoms with Crippen molar-refractivity contribution in [3.63, 3.8) is 0 Å². The zero-order valence-corrected chi connectivity index (χ0v) is 12.8. The van der Waals surface area contributed by atoms with E-state index in [1.807, 2.05) is 25.1 Å². The van der Waals surface area contributed by atoms with Gasteiger partial charge in [-0.05, 0) is 30.5 Å². The number of esters is 1. The van der Waals surface area contributed by atoms with Crippen LogP contribution in [0.5, 0.6) is 0 Å². The first kappa shape index (κ1) is 14.3. The second-order valence-electron chi connectivity index (χ2n) is 4.70. The van der Waals surface area contributed by atoms with Crippen molar-refractivity contribution in [2.45, 2.75) is 6.92 Å². The van der Waals surface area contributed by atoms with E-state index in [1.54, 1.807) is 17.6 Å². The third-order valence-corrected chi connectivity index (χ3v) is 4.09. The van der Waals surface area contributed by atoms with Gasteiger partial charge in [-0.15, -0.1) is 11.3 Å². The van der Waals surface area contributed by atoms with Gasteiger partial charge < -0.3 is 10.1 Å². The molecule has 0 aliphatic heterocycles. The van der Waals surface area contributed by atoms with E-state index >= 15 is 0 Å². The Morgan fingerprint density at radius 1 is 1.32 bits per heavy atom. The van der Waals surface area contributed by atoms with E-state index in [4.69, 9.17) is 0 Å². The summed E-state index contributed by atoms with van der Waals surface area (Å²) in [5, 5.41) is 9.39. The number of fused-ring (bicyclic) bond motifs is 1. The normalized spacial score (nSPS) is 10.6. The zero-order valence-electron chi connectivity index (χ0n) is 12.0. The van der Waals surface area contributed by atoms with Crippen LogP contribution in [0.2, 0.25) is 0 Å². The topological polar surface area (TPSA) is 73.2 Å². The van der Waals surface area contributed by atoms with Crippen LogP contribution >= 0.6 is 11.3 Å². The summed E-state index contributed by atoms with van der Waals surface area (Å²) >= 11 is 1.21.